The Morgan fingerprint density at radius 2 is 2.21 bits per heavy atom. The highest BCUT2D eigenvalue weighted by Crippen LogP contribution is 2.22. The van der Waals surface area contributed by atoms with E-state index in [9.17, 15) is 23.1 Å². The first kappa shape index (κ1) is 19.8. The third-order valence-corrected chi connectivity index (χ3v) is 3.60. The van der Waals surface area contributed by atoms with Gasteiger partial charge in [-0.25, -0.2) is 13.2 Å². The lowest BCUT2D eigenvalue weighted by molar-refractivity contribution is 0.205. The summed E-state index contributed by atoms with van der Waals surface area (Å²) in [7, 11) is 1.57. The lowest BCUT2D eigenvalue weighted by Crippen LogP contribution is -2.23. The van der Waals surface area contributed by atoms with E-state index in [1.807, 2.05) is 0 Å². The van der Waals surface area contributed by atoms with E-state index in [1.54, 1.807) is 13.1 Å². The number of anilines is 1. The van der Waals surface area contributed by atoms with Gasteiger partial charge in [0.15, 0.2) is 0 Å². The van der Waals surface area contributed by atoms with Gasteiger partial charge in [-0.1, -0.05) is 6.58 Å². The first-order valence-electron chi connectivity index (χ1n) is 7.31. The average molecular weight is 342 g/mol. The van der Waals surface area contributed by atoms with Crippen molar-refractivity contribution in [3.8, 4) is 0 Å². The minimum atomic E-state index is -1.81. The number of alkyl halides is 1. The zero-order valence-corrected chi connectivity index (χ0v) is 13.6. The van der Waals surface area contributed by atoms with Gasteiger partial charge in [0, 0.05) is 26.1 Å². The highest BCUT2D eigenvalue weighted by atomic mass is 19.1. The molecule has 1 rings (SSSR count). The summed E-state index contributed by atoms with van der Waals surface area (Å²) >= 11 is 0. The smallest absolute Gasteiger partial charge is 0.274 e. The quantitative estimate of drug-likeness (QED) is 0.762. The molecule has 1 heterocycles. The Hall–Kier alpha value is -2.28. The highest BCUT2D eigenvalue weighted by molar-refractivity contribution is 5.51. The molecule has 0 aliphatic heterocycles. The Morgan fingerprint density at radius 3 is 2.79 bits per heavy atom. The summed E-state index contributed by atoms with van der Waals surface area (Å²) in [6.45, 7) is 4.82. The lowest BCUT2D eigenvalue weighted by atomic mass is 10.00. The molecule has 132 valence electrons. The standard InChI is InChI=1S/C17H21F3N2O2/c1-4-21-16-12(6-8-22(3)17(16)24)9-15(23)11(2)14(20)10-13(19)5-7-18/h4-8,13,15,21,23H,1,9-10H2,2-3H3/b7-5+,14-11-. The first-order chi connectivity index (χ1) is 11.3. The van der Waals surface area contributed by atoms with Crippen molar-refractivity contribution in [2.24, 2.45) is 7.05 Å². The highest BCUT2D eigenvalue weighted by Gasteiger charge is 2.18. The van der Waals surface area contributed by atoms with E-state index >= 15 is 0 Å². The SMILES string of the molecule is C=CNc1c(CC(O)/C(C)=C(\F)CC(F)/C=C/F)ccn(C)c1=O. The predicted molar refractivity (Wildman–Crippen MR) is 88.8 cm³/mol. The third kappa shape index (κ3) is 5.13. The van der Waals surface area contributed by atoms with Crippen LogP contribution in [0.2, 0.25) is 0 Å². The van der Waals surface area contributed by atoms with Crippen LogP contribution in [0.4, 0.5) is 18.9 Å². The van der Waals surface area contributed by atoms with E-state index in [0.717, 1.165) is 0 Å². The summed E-state index contributed by atoms with van der Waals surface area (Å²) in [5.41, 5.74) is 0.317. The van der Waals surface area contributed by atoms with Crippen LogP contribution in [0.5, 0.6) is 0 Å². The van der Waals surface area contributed by atoms with Crippen LogP contribution in [0, 0.1) is 0 Å². The van der Waals surface area contributed by atoms with Gasteiger partial charge in [-0.2, -0.15) is 0 Å². The van der Waals surface area contributed by atoms with Crippen LogP contribution >= 0.6 is 0 Å². The van der Waals surface area contributed by atoms with Gasteiger partial charge in [0.2, 0.25) is 0 Å². The molecule has 1 aromatic heterocycles. The largest absolute Gasteiger partial charge is 0.388 e. The van der Waals surface area contributed by atoms with Crippen molar-refractivity contribution in [3.05, 3.63) is 64.8 Å². The number of hydrogen-bond acceptors (Lipinski definition) is 3. The van der Waals surface area contributed by atoms with E-state index < -0.39 is 24.5 Å². The van der Waals surface area contributed by atoms with Crippen molar-refractivity contribution in [1.29, 1.82) is 0 Å². The maximum Gasteiger partial charge on any atom is 0.274 e. The lowest BCUT2D eigenvalue weighted by Gasteiger charge is -2.16. The molecule has 2 atom stereocenters. The fraction of sp³-hybridized carbons (Fsp3) is 0.353. The molecule has 2 N–H and O–H groups in total. The molecule has 0 saturated heterocycles. The maximum atomic E-state index is 13.9. The normalized spacial score (nSPS) is 15.1. The van der Waals surface area contributed by atoms with E-state index in [0.29, 0.717) is 11.6 Å². The number of aromatic nitrogens is 1. The van der Waals surface area contributed by atoms with Crippen molar-refractivity contribution in [3.63, 3.8) is 0 Å². The first-order valence-corrected chi connectivity index (χ1v) is 7.31. The number of halogens is 3. The Bertz CT molecular complexity index is 696. The number of hydrogen-bond donors (Lipinski definition) is 2. The van der Waals surface area contributed by atoms with Crippen LogP contribution in [0.3, 0.4) is 0 Å². The number of allylic oxidation sites excluding steroid dienone is 2. The summed E-state index contributed by atoms with van der Waals surface area (Å²) in [4.78, 5) is 12.1. The van der Waals surface area contributed by atoms with Crippen molar-refractivity contribution >= 4 is 5.69 Å². The van der Waals surface area contributed by atoms with Crippen molar-refractivity contribution < 1.29 is 18.3 Å². The number of aryl methyl sites for hydroxylation is 1. The fourth-order valence-corrected chi connectivity index (χ4v) is 2.11. The van der Waals surface area contributed by atoms with E-state index in [2.05, 4.69) is 11.9 Å². The molecular formula is C17H21F3N2O2. The van der Waals surface area contributed by atoms with Gasteiger partial charge in [-0.3, -0.25) is 4.79 Å². The van der Waals surface area contributed by atoms with Gasteiger partial charge in [0.1, 0.15) is 17.7 Å². The molecule has 0 spiro atoms. The van der Waals surface area contributed by atoms with E-state index in [-0.39, 0.29) is 29.6 Å². The molecule has 0 saturated carbocycles. The number of nitrogens with zero attached hydrogens (tertiary/aromatic N) is 1. The molecule has 2 unspecified atom stereocenters. The molecule has 0 aromatic carbocycles. The molecule has 0 bridgehead atoms. The Kier molecular flexibility index (Phi) is 7.51. The molecule has 0 aliphatic rings. The average Bonchev–Trinajstić information content (AvgIpc) is 2.53. The van der Waals surface area contributed by atoms with Crippen LogP contribution in [0.25, 0.3) is 0 Å². The Morgan fingerprint density at radius 1 is 1.54 bits per heavy atom. The van der Waals surface area contributed by atoms with Gasteiger partial charge in [0.05, 0.1) is 12.4 Å². The summed E-state index contributed by atoms with van der Waals surface area (Å²) < 4.78 is 40.4. The predicted octanol–water partition coefficient (Wildman–Crippen LogP) is 3.30. The van der Waals surface area contributed by atoms with Crippen LogP contribution in [0.1, 0.15) is 18.9 Å². The van der Waals surface area contributed by atoms with E-state index in [4.69, 9.17) is 0 Å². The van der Waals surface area contributed by atoms with Crippen molar-refractivity contribution in [2.75, 3.05) is 5.32 Å². The van der Waals surface area contributed by atoms with E-state index in [1.165, 1.54) is 23.9 Å². The van der Waals surface area contributed by atoms with Crippen LogP contribution in [-0.4, -0.2) is 21.9 Å². The number of nitrogens with one attached hydrogen (secondary N) is 1. The monoisotopic (exact) mass is 342 g/mol. The van der Waals surface area contributed by atoms with Crippen LogP contribution in [-0.2, 0) is 13.5 Å². The summed E-state index contributed by atoms with van der Waals surface area (Å²) in [5.74, 6) is -0.852. The molecule has 0 radical (unpaired) electrons. The number of pyridine rings is 1. The van der Waals surface area contributed by atoms with Gasteiger partial charge in [-0.05, 0) is 36.4 Å². The van der Waals surface area contributed by atoms with Crippen molar-refractivity contribution in [1.82, 2.24) is 4.57 Å². The molecule has 1 aromatic rings. The van der Waals surface area contributed by atoms with Crippen LogP contribution in [0.15, 0.2) is 53.6 Å². The maximum absolute atomic E-state index is 13.9. The van der Waals surface area contributed by atoms with Gasteiger partial charge in [-0.15, -0.1) is 0 Å². The Labute approximate surface area is 138 Å². The molecular weight excluding hydrogens is 321 g/mol. The molecule has 0 fully saturated rings. The van der Waals surface area contributed by atoms with Crippen LogP contribution < -0.4 is 10.9 Å². The minimum absolute atomic E-state index is 0.0106. The zero-order valence-electron chi connectivity index (χ0n) is 13.6. The van der Waals surface area contributed by atoms with Gasteiger partial charge in [0.25, 0.3) is 5.56 Å². The minimum Gasteiger partial charge on any atom is -0.388 e. The number of aliphatic hydroxyl groups excluding tert-OH is 1. The summed E-state index contributed by atoms with van der Waals surface area (Å²) in [6, 6.07) is 1.62. The molecule has 7 heteroatoms. The Balaban J connectivity index is 3.02. The number of aliphatic hydroxyl groups is 1. The summed E-state index contributed by atoms with van der Waals surface area (Å²) in [5, 5.41) is 12.9. The van der Waals surface area contributed by atoms with Crippen molar-refractivity contribution in [2.45, 2.75) is 32.0 Å². The third-order valence-electron chi connectivity index (χ3n) is 3.60. The fourth-order valence-electron chi connectivity index (χ4n) is 2.11. The molecule has 0 amide bonds. The topological polar surface area (TPSA) is 54.3 Å². The second-order valence-corrected chi connectivity index (χ2v) is 5.33. The second-order valence-electron chi connectivity index (χ2n) is 5.33. The molecule has 0 aliphatic carbocycles. The number of rotatable bonds is 8. The molecule has 4 nitrogen and oxygen atoms in total. The molecule has 24 heavy (non-hydrogen) atoms. The zero-order chi connectivity index (χ0) is 18.3. The second kappa shape index (κ2) is 9.12. The van der Waals surface area contributed by atoms with Gasteiger partial charge < -0.3 is 15.0 Å². The van der Waals surface area contributed by atoms with Gasteiger partial charge >= 0.3 is 0 Å². The summed E-state index contributed by atoms with van der Waals surface area (Å²) in [6.07, 6.45) is -0.296.